The molecule has 1 fully saturated rings. The Kier molecular flexibility index (Phi) is 8.05. The van der Waals surface area contributed by atoms with Crippen LogP contribution in [0, 0.1) is 11.8 Å². The zero-order chi connectivity index (χ0) is 22.7. The highest BCUT2D eigenvalue weighted by Gasteiger charge is 2.52. The van der Waals surface area contributed by atoms with Crippen molar-refractivity contribution in [2.45, 2.75) is 62.9 Å². The van der Waals surface area contributed by atoms with E-state index in [1.165, 1.54) is 0 Å². The number of carboxylic acids is 1. The Bertz CT molecular complexity index is 691. The van der Waals surface area contributed by atoms with Crippen LogP contribution in [0.15, 0.2) is 23.5 Å². The number of carbonyl (C=O) groups is 1. The normalized spacial score (nSPS) is 40.0. The number of aliphatic carboxylic acids is 1. The number of hydrogen-bond donors (Lipinski definition) is 6. The Balaban J connectivity index is 1.83. The number of aliphatic hydroxyl groups is 5. The maximum Gasteiger partial charge on any atom is 0.335 e. The number of carboxylic acid groups (broad SMARTS) is 1. The molecule has 2 aliphatic heterocycles. The molecule has 6 N–H and O–H groups in total. The van der Waals surface area contributed by atoms with Crippen molar-refractivity contribution in [3.63, 3.8) is 0 Å². The van der Waals surface area contributed by atoms with Gasteiger partial charge in [0.25, 0.3) is 0 Å². The van der Waals surface area contributed by atoms with Crippen LogP contribution in [0.4, 0.5) is 0 Å². The molecule has 0 aromatic rings. The van der Waals surface area contributed by atoms with Gasteiger partial charge >= 0.3 is 5.97 Å². The summed E-state index contributed by atoms with van der Waals surface area (Å²) in [5, 5.41) is 59.0. The van der Waals surface area contributed by atoms with Gasteiger partial charge in [0.2, 0.25) is 6.29 Å². The average Bonchev–Trinajstić information content (AvgIpc) is 3.13. The van der Waals surface area contributed by atoms with Crippen LogP contribution in [0.1, 0.15) is 19.8 Å². The molecular formula is C20H30O11. The fourth-order valence-electron chi connectivity index (χ4n) is 4.17. The minimum absolute atomic E-state index is 0.0418. The summed E-state index contributed by atoms with van der Waals surface area (Å²) in [7, 11) is 0. The molecule has 0 spiro atoms. The van der Waals surface area contributed by atoms with E-state index in [2.05, 4.69) is 0 Å². The number of hydrogen-bond acceptors (Lipinski definition) is 10. The largest absolute Gasteiger partial charge is 0.478 e. The third-order valence-electron chi connectivity index (χ3n) is 5.88. The van der Waals surface area contributed by atoms with E-state index in [1.807, 2.05) is 6.92 Å². The molecular weight excluding hydrogens is 416 g/mol. The third kappa shape index (κ3) is 4.78. The van der Waals surface area contributed by atoms with E-state index >= 15 is 0 Å². The lowest BCUT2D eigenvalue weighted by Crippen LogP contribution is -2.60. The fraction of sp³-hybridized carbons (Fsp3) is 0.750. The SMILES string of the molecule is CCCCO[C@@H]1C=C(CO)[C@H]2[C@H](O[C@@H]3O[C@H](CO)[C@@H](O)[C@H](O)[C@H]3O)OC=C(C(=O)O)[C@H]21. The molecule has 0 amide bonds. The Morgan fingerprint density at radius 3 is 2.45 bits per heavy atom. The molecule has 11 nitrogen and oxygen atoms in total. The maximum atomic E-state index is 11.8. The highest BCUT2D eigenvalue weighted by atomic mass is 16.8. The summed E-state index contributed by atoms with van der Waals surface area (Å²) < 4.78 is 22.4. The molecule has 1 saturated heterocycles. The molecule has 0 saturated carbocycles. The molecule has 9 atom stereocenters. The monoisotopic (exact) mass is 446 g/mol. The van der Waals surface area contributed by atoms with E-state index < -0.39 is 67.5 Å². The van der Waals surface area contributed by atoms with Crippen molar-refractivity contribution in [3.05, 3.63) is 23.5 Å². The van der Waals surface area contributed by atoms with E-state index in [9.17, 15) is 35.4 Å². The van der Waals surface area contributed by atoms with Crippen LogP contribution in [0.3, 0.4) is 0 Å². The quantitative estimate of drug-likeness (QED) is 0.179. The summed E-state index contributed by atoms with van der Waals surface area (Å²) >= 11 is 0. The third-order valence-corrected chi connectivity index (χ3v) is 5.88. The molecule has 0 radical (unpaired) electrons. The van der Waals surface area contributed by atoms with E-state index in [0.717, 1.165) is 19.1 Å². The second-order valence-corrected chi connectivity index (χ2v) is 7.86. The van der Waals surface area contributed by atoms with Gasteiger partial charge in [-0.1, -0.05) is 19.4 Å². The van der Waals surface area contributed by atoms with Gasteiger partial charge in [-0.2, -0.15) is 0 Å². The van der Waals surface area contributed by atoms with Gasteiger partial charge in [-0.25, -0.2) is 4.79 Å². The van der Waals surface area contributed by atoms with Crippen molar-refractivity contribution in [3.8, 4) is 0 Å². The van der Waals surface area contributed by atoms with Crippen molar-refractivity contribution in [1.82, 2.24) is 0 Å². The molecule has 31 heavy (non-hydrogen) atoms. The molecule has 2 heterocycles. The first-order chi connectivity index (χ1) is 14.8. The Morgan fingerprint density at radius 1 is 1.10 bits per heavy atom. The molecule has 176 valence electrons. The predicted octanol–water partition coefficient (Wildman–Crippen LogP) is -1.52. The number of ether oxygens (including phenoxy) is 4. The molecule has 1 aliphatic carbocycles. The van der Waals surface area contributed by atoms with Crippen molar-refractivity contribution in [2.75, 3.05) is 19.8 Å². The standard InChI is InChI=1S/C20H30O11/c1-2-3-4-28-11-5-9(6-21)13-14(11)10(18(26)27)8-29-19(13)31-20-17(25)16(24)15(23)12(7-22)30-20/h5,8,11-17,19-25H,2-4,6-7H2,1H3,(H,26,27)/t11-,12-,13-,14+,15-,16+,17-,19+,20+/m1/s1. The summed E-state index contributed by atoms with van der Waals surface area (Å²) in [6.07, 6.45) is -4.90. The van der Waals surface area contributed by atoms with Gasteiger partial charge < -0.3 is 49.6 Å². The lowest BCUT2D eigenvalue weighted by Gasteiger charge is -2.43. The van der Waals surface area contributed by atoms with E-state index in [-0.39, 0.29) is 12.2 Å². The van der Waals surface area contributed by atoms with Crippen LogP contribution >= 0.6 is 0 Å². The summed E-state index contributed by atoms with van der Waals surface area (Å²) in [5.74, 6) is -2.65. The first kappa shape index (κ1) is 24.1. The van der Waals surface area contributed by atoms with Crippen molar-refractivity contribution < 1.29 is 54.4 Å². The molecule has 0 unspecified atom stereocenters. The van der Waals surface area contributed by atoms with Crippen molar-refractivity contribution >= 4 is 5.97 Å². The second-order valence-electron chi connectivity index (χ2n) is 7.86. The lowest BCUT2D eigenvalue weighted by atomic mass is 9.82. The summed E-state index contributed by atoms with van der Waals surface area (Å²) in [5.41, 5.74) is 0.410. The van der Waals surface area contributed by atoms with Crippen molar-refractivity contribution in [1.29, 1.82) is 0 Å². The Hall–Kier alpha value is -1.57. The Morgan fingerprint density at radius 2 is 1.84 bits per heavy atom. The Labute approximate surface area is 179 Å². The van der Waals surface area contributed by atoms with E-state index in [0.29, 0.717) is 12.2 Å². The van der Waals surface area contributed by atoms with E-state index in [1.54, 1.807) is 6.08 Å². The first-order valence-corrected chi connectivity index (χ1v) is 10.3. The molecule has 0 aromatic carbocycles. The van der Waals surface area contributed by atoms with Gasteiger partial charge in [0.05, 0.1) is 37.1 Å². The predicted molar refractivity (Wildman–Crippen MR) is 102 cm³/mol. The van der Waals surface area contributed by atoms with Crippen molar-refractivity contribution in [2.24, 2.45) is 11.8 Å². The molecule has 11 heteroatoms. The molecule has 3 aliphatic rings. The highest BCUT2D eigenvalue weighted by Crippen LogP contribution is 2.45. The topological polar surface area (TPSA) is 175 Å². The number of aliphatic hydroxyl groups excluding tert-OH is 5. The lowest BCUT2D eigenvalue weighted by molar-refractivity contribution is -0.340. The highest BCUT2D eigenvalue weighted by molar-refractivity contribution is 5.87. The number of rotatable bonds is 9. The van der Waals surface area contributed by atoms with E-state index in [4.69, 9.17) is 18.9 Å². The smallest absolute Gasteiger partial charge is 0.335 e. The fourth-order valence-corrected chi connectivity index (χ4v) is 4.17. The minimum atomic E-state index is -1.65. The van der Waals surface area contributed by atoms with Crippen LogP contribution in [0.2, 0.25) is 0 Å². The van der Waals surface area contributed by atoms with Gasteiger partial charge in [-0.15, -0.1) is 0 Å². The first-order valence-electron chi connectivity index (χ1n) is 10.3. The molecule has 0 bridgehead atoms. The summed E-state index contributed by atoms with van der Waals surface area (Å²) in [6.45, 7) is 1.39. The van der Waals surface area contributed by atoms with Gasteiger partial charge in [-0.3, -0.25) is 0 Å². The van der Waals surface area contributed by atoms with Gasteiger partial charge in [0.15, 0.2) is 6.29 Å². The number of unbranched alkanes of at least 4 members (excludes halogenated alkanes) is 1. The van der Waals surface area contributed by atoms with Gasteiger partial charge in [-0.05, 0) is 12.0 Å². The average molecular weight is 446 g/mol. The van der Waals surface area contributed by atoms with Crippen LogP contribution in [-0.4, -0.2) is 99.5 Å². The maximum absolute atomic E-state index is 11.8. The summed E-state index contributed by atoms with van der Waals surface area (Å²) in [4.78, 5) is 11.8. The minimum Gasteiger partial charge on any atom is -0.478 e. The summed E-state index contributed by atoms with van der Waals surface area (Å²) in [6, 6.07) is 0. The van der Waals surface area contributed by atoms with Crippen LogP contribution in [0.5, 0.6) is 0 Å². The molecule has 0 aromatic heterocycles. The van der Waals surface area contributed by atoms with Crippen LogP contribution in [-0.2, 0) is 23.7 Å². The zero-order valence-corrected chi connectivity index (χ0v) is 17.1. The van der Waals surface area contributed by atoms with Crippen LogP contribution in [0.25, 0.3) is 0 Å². The van der Waals surface area contributed by atoms with Crippen LogP contribution < -0.4 is 0 Å². The van der Waals surface area contributed by atoms with Gasteiger partial charge in [0, 0.05) is 12.5 Å². The number of fused-ring (bicyclic) bond motifs is 1. The zero-order valence-electron chi connectivity index (χ0n) is 17.1. The second kappa shape index (κ2) is 10.4. The van der Waals surface area contributed by atoms with Gasteiger partial charge in [0.1, 0.15) is 24.4 Å². The molecule has 3 rings (SSSR count).